The quantitative estimate of drug-likeness (QED) is 0.487. The first-order valence-electron chi connectivity index (χ1n) is 4.64. The number of hydrogen-bond acceptors (Lipinski definition) is 4. The first-order chi connectivity index (χ1) is 7.20. The Morgan fingerprint density at radius 1 is 1.20 bits per heavy atom. The van der Waals surface area contributed by atoms with Crippen LogP contribution < -0.4 is 10.6 Å². The van der Waals surface area contributed by atoms with Crippen molar-refractivity contribution in [3.8, 4) is 12.1 Å². The highest BCUT2D eigenvalue weighted by atomic mass is 16.1. The smallest absolute Gasteiger partial charge is 0.245 e. The molecular formula is C10H14N4O. The van der Waals surface area contributed by atoms with E-state index in [1.807, 2.05) is 12.1 Å². The number of carbonyl (C=O) groups is 1. The highest BCUT2D eigenvalue weighted by Gasteiger charge is 1.96. The minimum absolute atomic E-state index is 0.229. The van der Waals surface area contributed by atoms with Gasteiger partial charge in [0.25, 0.3) is 0 Å². The molecule has 0 aromatic heterocycles. The fourth-order valence-corrected chi connectivity index (χ4v) is 0.856. The minimum atomic E-state index is -0.229. The van der Waals surface area contributed by atoms with Crippen LogP contribution in [0.5, 0.6) is 0 Å². The molecule has 0 bridgehead atoms. The standard InChI is InChI=1S/C10H14N4O/c1-9(13-6-2-4-11)8-10(15)14-7-3-5-12/h8,13H,2-3,6-7H2,1H3,(H,14,15)/b9-8-. The van der Waals surface area contributed by atoms with Crippen molar-refractivity contribution >= 4 is 5.91 Å². The Labute approximate surface area is 89.4 Å². The van der Waals surface area contributed by atoms with Crippen LogP contribution >= 0.6 is 0 Å². The van der Waals surface area contributed by atoms with Crippen molar-refractivity contribution in [3.05, 3.63) is 11.8 Å². The van der Waals surface area contributed by atoms with Crippen molar-refractivity contribution in [2.45, 2.75) is 19.8 Å². The third-order valence-electron chi connectivity index (χ3n) is 1.52. The Balaban J connectivity index is 3.76. The molecule has 0 aliphatic rings. The van der Waals surface area contributed by atoms with Gasteiger partial charge in [0, 0.05) is 24.9 Å². The molecule has 0 heterocycles. The maximum Gasteiger partial charge on any atom is 0.245 e. The fourth-order valence-electron chi connectivity index (χ4n) is 0.856. The van der Waals surface area contributed by atoms with Crippen molar-refractivity contribution in [1.29, 1.82) is 10.5 Å². The van der Waals surface area contributed by atoms with E-state index in [-0.39, 0.29) is 5.91 Å². The van der Waals surface area contributed by atoms with Gasteiger partial charge in [-0.05, 0) is 6.92 Å². The summed E-state index contributed by atoms with van der Waals surface area (Å²) in [6, 6.07) is 3.92. The molecule has 0 aliphatic heterocycles. The van der Waals surface area contributed by atoms with Crippen molar-refractivity contribution in [2.24, 2.45) is 0 Å². The molecule has 0 spiro atoms. The summed E-state index contributed by atoms with van der Waals surface area (Å²) in [7, 11) is 0. The van der Waals surface area contributed by atoms with Gasteiger partial charge in [-0.3, -0.25) is 4.79 Å². The Morgan fingerprint density at radius 3 is 2.27 bits per heavy atom. The summed E-state index contributed by atoms with van der Waals surface area (Å²) in [6.07, 6.45) is 2.12. The molecular weight excluding hydrogens is 192 g/mol. The number of nitrogens with one attached hydrogen (secondary N) is 2. The predicted molar refractivity (Wildman–Crippen MR) is 55.2 cm³/mol. The summed E-state index contributed by atoms with van der Waals surface area (Å²) >= 11 is 0. The van der Waals surface area contributed by atoms with Gasteiger partial charge in [0.2, 0.25) is 5.91 Å². The number of rotatable bonds is 6. The van der Waals surface area contributed by atoms with Gasteiger partial charge in [-0.15, -0.1) is 0 Å². The van der Waals surface area contributed by atoms with E-state index in [0.717, 1.165) is 0 Å². The topological polar surface area (TPSA) is 88.7 Å². The molecule has 0 aromatic carbocycles. The summed E-state index contributed by atoms with van der Waals surface area (Å²) < 4.78 is 0. The molecule has 15 heavy (non-hydrogen) atoms. The molecule has 0 aromatic rings. The fraction of sp³-hybridized carbons (Fsp3) is 0.500. The van der Waals surface area contributed by atoms with Crippen molar-refractivity contribution in [1.82, 2.24) is 10.6 Å². The Kier molecular flexibility index (Phi) is 7.43. The van der Waals surface area contributed by atoms with Crippen LogP contribution in [0.15, 0.2) is 11.8 Å². The van der Waals surface area contributed by atoms with Crippen molar-refractivity contribution < 1.29 is 4.79 Å². The number of amides is 1. The van der Waals surface area contributed by atoms with Gasteiger partial charge in [0.15, 0.2) is 0 Å². The summed E-state index contributed by atoms with van der Waals surface area (Å²) in [5.41, 5.74) is 0.708. The highest BCUT2D eigenvalue weighted by molar-refractivity contribution is 5.87. The van der Waals surface area contributed by atoms with Gasteiger partial charge < -0.3 is 10.6 Å². The zero-order valence-corrected chi connectivity index (χ0v) is 8.71. The lowest BCUT2D eigenvalue weighted by Gasteiger charge is -2.03. The molecule has 80 valence electrons. The maximum atomic E-state index is 11.2. The summed E-state index contributed by atoms with van der Waals surface area (Å²) in [5.74, 6) is -0.229. The average Bonchev–Trinajstić information content (AvgIpc) is 2.18. The lowest BCUT2D eigenvalue weighted by Crippen LogP contribution is -2.24. The molecule has 0 fully saturated rings. The second-order valence-corrected chi connectivity index (χ2v) is 2.86. The zero-order chi connectivity index (χ0) is 11.5. The van der Waals surface area contributed by atoms with Crippen LogP contribution in [0.2, 0.25) is 0 Å². The van der Waals surface area contributed by atoms with Crippen LogP contribution in [0.1, 0.15) is 19.8 Å². The maximum absolute atomic E-state index is 11.2. The lowest BCUT2D eigenvalue weighted by molar-refractivity contribution is -0.116. The lowest BCUT2D eigenvalue weighted by atomic mass is 10.3. The molecule has 1 amide bonds. The number of allylic oxidation sites excluding steroid dienone is 1. The van der Waals surface area contributed by atoms with E-state index in [2.05, 4.69) is 10.6 Å². The Hall–Kier alpha value is -2.01. The van der Waals surface area contributed by atoms with E-state index < -0.39 is 0 Å². The highest BCUT2D eigenvalue weighted by Crippen LogP contribution is 1.87. The predicted octanol–water partition coefficient (Wildman–Crippen LogP) is 0.423. The van der Waals surface area contributed by atoms with Crippen LogP contribution in [0.3, 0.4) is 0 Å². The molecule has 0 saturated carbocycles. The normalized spacial score (nSPS) is 9.93. The summed E-state index contributed by atoms with van der Waals surface area (Å²) in [4.78, 5) is 11.2. The molecule has 0 saturated heterocycles. The third-order valence-corrected chi connectivity index (χ3v) is 1.52. The van der Waals surface area contributed by atoms with Gasteiger partial charge in [0.1, 0.15) is 0 Å². The molecule has 5 nitrogen and oxygen atoms in total. The second-order valence-electron chi connectivity index (χ2n) is 2.86. The van der Waals surface area contributed by atoms with E-state index in [9.17, 15) is 4.79 Å². The minimum Gasteiger partial charge on any atom is -0.387 e. The molecule has 0 unspecified atom stereocenters. The molecule has 5 heteroatoms. The van der Waals surface area contributed by atoms with E-state index in [1.165, 1.54) is 6.08 Å². The monoisotopic (exact) mass is 206 g/mol. The molecule has 0 rings (SSSR count). The van der Waals surface area contributed by atoms with Crippen LogP contribution in [0, 0.1) is 22.7 Å². The summed E-state index contributed by atoms with van der Waals surface area (Å²) in [5, 5.41) is 22.0. The van der Waals surface area contributed by atoms with E-state index in [4.69, 9.17) is 10.5 Å². The van der Waals surface area contributed by atoms with E-state index >= 15 is 0 Å². The van der Waals surface area contributed by atoms with Gasteiger partial charge in [-0.25, -0.2) is 0 Å². The average molecular weight is 206 g/mol. The third kappa shape index (κ3) is 8.32. The van der Waals surface area contributed by atoms with Crippen LogP contribution in [-0.4, -0.2) is 19.0 Å². The Bertz CT molecular complexity index is 308. The zero-order valence-electron chi connectivity index (χ0n) is 8.71. The number of nitriles is 2. The number of nitrogens with zero attached hydrogens (tertiary/aromatic N) is 2. The van der Waals surface area contributed by atoms with Crippen LogP contribution in [0.4, 0.5) is 0 Å². The molecule has 0 aliphatic carbocycles. The van der Waals surface area contributed by atoms with Gasteiger partial charge in [0.05, 0.1) is 25.0 Å². The summed E-state index contributed by atoms with van der Waals surface area (Å²) in [6.45, 7) is 2.64. The largest absolute Gasteiger partial charge is 0.387 e. The second kappa shape index (κ2) is 8.58. The first-order valence-corrected chi connectivity index (χ1v) is 4.64. The number of carbonyl (C=O) groups excluding carboxylic acids is 1. The van der Waals surface area contributed by atoms with Gasteiger partial charge in [-0.2, -0.15) is 10.5 Å². The van der Waals surface area contributed by atoms with Gasteiger partial charge >= 0.3 is 0 Å². The Morgan fingerprint density at radius 2 is 1.73 bits per heavy atom. The molecule has 0 atom stereocenters. The van der Waals surface area contributed by atoms with E-state index in [1.54, 1.807) is 6.92 Å². The SMILES string of the molecule is C/C(=C/C(=O)NCCC#N)NCCC#N. The van der Waals surface area contributed by atoms with Gasteiger partial charge in [-0.1, -0.05) is 0 Å². The van der Waals surface area contributed by atoms with Crippen molar-refractivity contribution in [2.75, 3.05) is 13.1 Å². The van der Waals surface area contributed by atoms with Crippen LogP contribution in [-0.2, 0) is 4.79 Å². The van der Waals surface area contributed by atoms with Crippen LogP contribution in [0.25, 0.3) is 0 Å². The molecule has 2 N–H and O–H groups in total. The van der Waals surface area contributed by atoms with Crippen molar-refractivity contribution in [3.63, 3.8) is 0 Å². The number of hydrogen-bond donors (Lipinski definition) is 2. The first kappa shape index (κ1) is 13.0. The molecule has 0 radical (unpaired) electrons. The van der Waals surface area contributed by atoms with E-state index in [0.29, 0.717) is 31.6 Å².